The fraction of sp³-hybridized carbons (Fsp3) is 0.455. The van der Waals surface area contributed by atoms with E-state index >= 15 is 0 Å². The molecule has 146 valence electrons. The predicted octanol–water partition coefficient (Wildman–Crippen LogP) is 3.67. The van der Waals surface area contributed by atoms with Gasteiger partial charge in [0.15, 0.2) is 0 Å². The molecule has 0 saturated carbocycles. The van der Waals surface area contributed by atoms with Crippen molar-refractivity contribution in [1.82, 2.24) is 9.88 Å². The van der Waals surface area contributed by atoms with Crippen LogP contribution in [0.4, 0.5) is 0 Å². The number of esters is 1. The molecule has 0 bridgehead atoms. The number of rotatable bonds is 8. The highest BCUT2D eigenvalue weighted by atomic mass is 16.5. The van der Waals surface area contributed by atoms with Gasteiger partial charge in [-0.1, -0.05) is 37.3 Å². The van der Waals surface area contributed by atoms with E-state index in [1.165, 1.54) is 5.56 Å². The van der Waals surface area contributed by atoms with E-state index < -0.39 is 0 Å². The van der Waals surface area contributed by atoms with Crippen molar-refractivity contribution in [2.24, 2.45) is 7.05 Å². The number of hydrogen-bond acceptors (Lipinski definition) is 3. The van der Waals surface area contributed by atoms with Crippen LogP contribution in [0.1, 0.15) is 59.1 Å². The van der Waals surface area contributed by atoms with Gasteiger partial charge < -0.3 is 14.6 Å². The van der Waals surface area contributed by atoms with E-state index in [0.717, 1.165) is 17.0 Å². The van der Waals surface area contributed by atoms with E-state index in [9.17, 15) is 9.59 Å². The minimum atomic E-state index is -0.296. The molecule has 1 N–H and O–H groups in total. The Morgan fingerprint density at radius 2 is 1.85 bits per heavy atom. The number of aromatic nitrogens is 1. The van der Waals surface area contributed by atoms with Crippen LogP contribution in [0, 0.1) is 13.8 Å². The molecule has 5 nitrogen and oxygen atoms in total. The third-order valence-electron chi connectivity index (χ3n) is 5.12. The minimum Gasteiger partial charge on any atom is -0.462 e. The first kappa shape index (κ1) is 20.7. The molecule has 0 aliphatic carbocycles. The summed E-state index contributed by atoms with van der Waals surface area (Å²) in [5, 5.41) is 3.01. The molecular formula is C22H30N2O3. The molecule has 5 heteroatoms. The lowest BCUT2D eigenvalue weighted by molar-refractivity contribution is -0.121. The second kappa shape index (κ2) is 9.40. The van der Waals surface area contributed by atoms with Gasteiger partial charge in [-0.05, 0) is 44.2 Å². The largest absolute Gasteiger partial charge is 0.462 e. The number of nitrogens with zero attached hydrogens (tertiary/aromatic N) is 1. The highest BCUT2D eigenvalue weighted by molar-refractivity contribution is 5.93. The van der Waals surface area contributed by atoms with Crippen LogP contribution in [-0.2, 0) is 23.0 Å². The summed E-state index contributed by atoms with van der Waals surface area (Å²) in [6.45, 7) is 8.69. The Morgan fingerprint density at radius 3 is 2.48 bits per heavy atom. The van der Waals surface area contributed by atoms with E-state index in [0.29, 0.717) is 31.6 Å². The standard InChI is InChI=1S/C22H30N2O3/c1-6-27-22(26)21-16(3)19(24(5)17(21)4)12-13-20(25)23-14-15(2)18-10-8-7-9-11-18/h7-11,15H,6,12-14H2,1-5H3,(H,23,25)/t15-/m0/s1. The van der Waals surface area contributed by atoms with Crippen molar-refractivity contribution in [3.05, 3.63) is 58.4 Å². The van der Waals surface area contributed by atoms with Crippen molar-refractivity contribution in [3.8, 4) is 0 Å². The number of amides is 1. The fourth-order valence-electron chi connectivity index (χ4n) is 3.38. The summed E-state index contributed by atoms with van der Waals surface area (Å²) in [5.41, 5.74) is 4.61. The van der Waals surface area contributed by atoms with Crippen LogP contribution in [0.3, 0.4) is 0 Å². The summed E-state index contributed by atoms with van der Waals surface area (Å²) in [6, 6.07) is 10.2. The van der Waals surface area contributed by atoms with E-state index in [-0.39, 0.29) is 17.8 Å². The molecule has 0 unspecified atom stereocenters. The van der Waals surface area contributed by atoms with Gasteiger partial charge in [0, 0.05) is 31.4 Å². The molecule has 0 aliphatic rings. The van der Waals surface area contributed by atoms with E-state index in [4.69, 9.17) is 4.74 Å². The normalized spacial score (nSPS) is 11.9. The Hall–Kier alpha value is -2.56. The maximum Gasteiger partial charge on any atom is 0.340 e. The quantitative estimate of drug-likeness (QED) is 0.721. The third-order valence-corrected chi connectivity index (χ3v) is 5.12. The molecule has 27 heavy (non-hydrogen) atoms. The highest BCUT2D eigenvalue weighted by Crippen LogP contribution is 2.23. The van der Waals surface area contributed by atoms with E-state index in [2.05, 4.69) is 24.4 Å². The lowest BCUT2D eigenvalue weighted by atomic mass is 10.0. The first-order valence-electron chi connectivity index (χ1n) is 9.50. The van der Waals surface area contributed by atoms with Crippen LogP contribution in [0.15, 0.2) is 30.3 Å². The van der Waals surface area contributed by atoms with Gasteiger partial charge in [-0.2, -0.15) is 0 Å². The fourth-order valence-corrected chi connectivity index (χ4v) is 3.38. The Kier molecular flexibility index (Phi) is 7.22. The summed E-state index contributed by atoms with van der Waals surface area (Å²) in [5.74, 6) is -0.00575. The first-order chi connectivity index (χ1) is 12.9. The zero-order valence-electron chi connectivity index (χ0n) is 17.0. The second-order valence-corrected chi connectivity index (χ2v) is 6.93. The summed E-state index contributed by atoms with van der Waals surface area (Å²) < 4.78 is 7.15. The lowest BCUT2D eigenvalue weighted by Gasteiger charge is -2.13. The molecule has 0 radical (unpaired) electrons. The molecule has 1 aromatic heterocycles. The third kappa shape index (κ3) is 5.00. The zero-order valence-corrected chi connectivity index (χ0v) is 17.0. The number of carbonyl (C=O) groups excluding carboxylic acids is 2. The molecule has 1 heterocycles. The smallest absolute Gasteiger partial charge is 0.340 e. The molecule has 1 amide bonds. The lowest BCUT2D eigenvalue weighted by Crippen LogP contribution is -2.27. The Balaban J connectivity index is 1.95. The SMILES string of the molecule is CCOC(=O)c1c(C)c(CCC(=O)NC[C@H](C)c2ccccc2)n(C)c1C. The molecular weight excluding hydrogens is 340 g/mol. The van der Waals surface area contributed by atoms with Crippen molar-refractivity contribution in [1.29, 1.82) is 0 Å². The van der Waals surface area contributed by atoms with Crippen LogP contribution in [0.2, 0.25) is 0 Å². The summed E-state index contributed by atoms with van der Waals surface area (Å²) in [7, 11) is 1.93. The van der Waals surface area contributed by atoms with Gasteiger partial charge >= 0.3 is 5.97 Å². The van der Waals surface area contributed by atoms with Crippen LogP contribution in [0.25, 0.3) is 0 Å². The monoisotopic (exact) mass is 370 g/mol. The number of ether oxygens (including phenoxy) is 1. The van der Waals surface area contributed by atoms with E-state index in [1.807, 2.05) is 43.7 Å². The zero-order chi connectivity index (χ0) is 20.0. The minimum absolute atomic E-state index is 0.0220. The maximum absolute atomic E-state index is 12.3. The molecule has 1 aromatic carbocycles. The maximum atomic E-state index is 12.3. The topological polar surface area (TPSA) is 60.3 Å². The number of benzene rings is 1. The molecule has 2 rings (SSSR count). The van der Waals surface area contributed by atoms with Crippen LogP contribution < -0.4 is 5.32 Å². The molecule has 1 atom stereocenters. The molecule has 0 aliphatic heterocycles. The van der Waals surface area contributed by atoms with Gasteiger partial charge in [-0.15, -0.1) is 0 Å². The van der Waals surface area contributed by atoms with Gasteiger partial charge in [-0.25, -0.2) is 4.79 Å². The summed E-state index contributed by atoms with van der Waals surface area (Å²) in [4.78, 5) is 24.5. The van der Waals surface area contributed by atoms with Gasteiger partial charge in [0.05, 0.1) is 12.2 Å². The average Bonchev–Trinajstić information content (AvgIpc) is 2.87. The molecule has 0 fully saturated rings. The van der Waals surface area contributed by atoms with E-state index in [1.54, 1.807) is 6.92 Å². The first-order valence-corrected chi connectivity index (χ1v) is 9.50. The molecule has 0 spiro atoms. The van der Waals surface area contributed by atoms with Crippen molar-refractivity contribution in [3.63, 3.8) is 0 Å². The van der Waals surface area contributed by atoms with Gasteiger partial charge in [0.1, 0.15) is 0 Å². The summed E-state index contributed by atoms with van der Waals surface area (Å²) in [6.07, 6.45) is 0.982. The highest BCUT2D eigenvalue weighted by Gasteiger charge is 2.22. The Morgan fingerprint density at radius 1 is 1.19 bits per heavy atom. The van der Waals surface area contributed by atoms with Gasteiger partial charge in [0.25, 0.3) is 0 Å². The summed E-state index contributed by atoms with van der Waals surface area (Å²) >= 11 is 0. The van der Waals surface area contributed by atoms with Crippen molar-refractivity contribution < 1.29 is 14.3 Å². The predicted molar refractivity (Wildman–Crippen MR) is 107 cm³/mol. The second-order valence-electron chi connectivity index (χ2n) is 6.93. The number of hydrogen-bond donors (Lipinski definition) is 1. The van der Waals surface area contributed by atoms with Gasteiger partial charge in [0.2, 0.25) is 5.91 Å². The number of nitrogens with one attached hydrogen (secondary N) is 1. The molecule has 2 aromatic rings. The van der Waals surface area contributed by atoms with Crippen LogP contribution in [0.5, 0.6) is 0 Å². The Bertz CT molecular complexity index is 794. The number of carbonyl (C=O) groups is 2. The Labute approximate surface area is 161 Å². The van der Waals surface area contributed by atoms with Crippen LogP contribution >= 0.6 is 0 Å². The average molecular weight is 370 g/mol. The van der Waals surface area contributed by atoms with Crippen LogP contribution in [-0.4, -0.2) is 29.6 Å². The molecule has 0 saturated heterocycles. The van der Waals surface area contributed by atoms with Crippen molar-refractivity contribution in [2.75, 3.05) is 13.2 Å². The van der Waals surface area contributed by atoms with Crippen molar-refractivity contribution >= 4 is 11.9 Å². The van der Waals surface area contributed by atoms with Crippen molar-refractivity contribution in [2.45, 2.75) is 46.5 Å². The van der Waals surface area contributed by atoms with Gasteiger partial charge in [-0.3, -0.25) is 4.79 Å².